The van der Waals surface area contributed by atoms with Crippen molar-refractivity contribution in [3.05, 3.63) is 53.7 Å². The number of benzene rings is 2. The quantitative estimate of drug-likeness (QED) is 0.465. The van der Waals surface area contributed by atoms with Gasteiger partial charge in [-0.2, -0.15) is 0 Å². The molecular weight excluding hydrogens is 340 g/mol. The van der Waals surface area contributed by atoms with Gasteiger partial charge in [-0.25, -0.2) is 4.99 Å². The van der Waals surface area contributed by atoms with E-state index in [0.717, 1.165) is 44.1 Å². The van der Waals surface area contributed by atoms with Crippen molar-refractivity contribution < 1.29 is 0 Å². The van der Waals surface area contributed by atoms with Gasteiger partial charge in [0.05, 0.1) is 0 Å². The summed E-state index contributed by atoms with van der Waals surface area (Å²) in [5, 5.41) is 7.09. The van der Waals surface area contributed by atoms with Crippen LogP contribution in [0.2, 0.25) is 5.02 Å². The summed E-state index contributed by atoms with van der Waals surface area (Å²) in [6.07, 6.45) is 4.30. The SMILES string of the molecule is C=CN=C(Nc1cc(CCN)c2[nH]c3ccc(Cl)cc3c2c1)SC. The molecule has 0 bridgehead atoms. The van der Waals surface area contributed by atoms with Crippen LogP contribution in [0.3, 0.4) is 0 Å². The summed E-state index contributed by atoms with van der Waals surface area (Å²) < 4.78 is 0. The van der Waals surface area contributed by atoms with Crippen LogP contribution in [-0.2, 0) is 6.42 Å². The van der Waals surface area contributed by atoms with E-state index in [-0.39, 0.29) is 0 Å². The number of aliphatic imine (C=N–C) groups is 1. The molecule has 0 unspecified atom stereocenters. The third kappa shape index (κ3) is 3.29. The van der Waals surface area contributed by atoms with Gasteiger partial charge >= 0.3 is 0 Å². The lowest BCUT2D eigenvalue weighted by Gasteiger charge is -2.10. The maximum Gasteiger partial charge on any atom is 0.165 e. The Balaban J connectivity index is 2.20. The minimum Gasteiger partial charge on any atom is -0.354 e. The Morgan fingerprint density at radius 3 is 2.92 bits per heavy atom. The maximum atomic E-state index is 6.18. The van der Waals surface area contributed by atoms with Gasteiger partial charge in [0.2, 0.25) is 0 Å². The fourth-order valence-corrected chi connectivity index (χ4v) is 3.38. The van der Waals surface area contributed by atoms with Crippen LogP contribution >= 0.6 is 23.4 Å². The van der Waals surface area contributed by atoms with E-state index in [1.807, 2.05) is 24.5 Å². The molecule has 0 radical (unpaired) electrons. The minimum atomic E-state index is 0.588. The fraction of sp³-hybridized carbons (Fsp3) is 0.167. The van der Waals surface area contributed by atoms with Crippen LogP contribution in [0, 0.1) is 0 Å². The standard InChI is InChI=1S/C18H19ClN4S/c1-3-21-18(24-2)22-13-8-11(6-7-20)17-15(10-13)14-9-12(19)4-5-16(14)23-17/h3-5,8-10,23H,1,6-7,20H2,2H3,(H,21,22). The number of H-pyrrole nitrogens is 1. The summed E-state index contributed by atoms with van der Waals surface area (Å²) >= 11 is 7.72. The average Bonchev–Trinajstić information content (AvgIpc) is 2.93. The van der Waals surface area contributed by atoms with E-state index < -0.39 is 0 Å². The second-order valence-corrected chi connectivity index (χ2v) is 6.59. The van der Waals surface area contributed by atoms with Crippen molar-refractivity contribution in [2.45, 2.75) is 6.42 Å². The number of aromatic nitrogens is 1. The van der Waals surface area contributed by atoms with Crippen molar-refractivity contribution in [2.75, 3.05) is 18.1 Å². The molecule has 3 aromatic rings. The molecule has 3 rings (SSSR count). The highest BCUT2D eigenvalue weighted by Gasteiger charge is 2.11. The Labute approximate surface area is 150 Å². The summed E-state index contributed by atoms with van der Waals surface area (Å²) in [5.41, 5.74) is 10.1. The number of fused-ring (bicyclic) bond motifs is 3. The van der Waals surface area contributed by atoms with Gasteiger partial charge in [-0.05, 0) is 55.1 Å². The van der Waals surface area contributed by atoms with E-state index >= 15 is 0 Å². The number of amidine groups is 1. The molecule has 4 N–H and O–H groups in total. The fourth-order valence-electron chi connectivity index (χ4n) is 2.81. The monoisotopic (exact) mass is 358 g/mol. The molecule has 0 saturated heterocycles. The van der Waals surface area contributed by atoms with Gasteiger partial charge in [0, 0.05) is 38.7 Å². The summed E-state index contributed by atoms with van der Waals surface area (Å²) in [7, 11) is 0. The van der Waals surface area contributed by atoms with Gasteiger partial charge in [-0.3, -0.25) is 0 Å². The molecule has 4 nitrogen and oxygen atoms in total. The van der Waals surface area contributed by atoms with Gasteiger partial charge in [0.1, 0.15) is 0 Å². The molecule has 0 amide bonds. The molecule has 0 atom stereocenters. The lowest BCUT2D eigenvalue weighted by molar-refractivity contribution is 0.975. The molecule has 0 fully saturated rings. The van der Waals surface area contributed by atoms with Gasteiger partial charge in [0.15, 0.2) is 5.17 Å². The van der Waals surface area contributed by atoms with E-state index in [9.17, 15) is 0 Å². The van der Waals surface area contributed by atoms with Crippen LogP contribution in [-0.4, -0.2) is 23.0 Å². The molecule has 2 aromatic carbocycles. The Bertz CT molecular complexity index is 930. The Hall–Kier alpha value is -1.95. The van der Waals surface area contributed by atoms with Gasteiger partial charge < -0.3 is 16.0 Å². The van der Waals surface area contributed by atoms with E-state index in [1.165, 1.54) is 23.5 Å². The first-order chi connectivity index (χ1) is 11.7. The number of rotatable bonds is 4. The van der Waals surface area contributed by atoms with Crippen LogP contribution in [0.4, 0.5) is 5.69 Å². The highest BCUT2D eigenvalue weighted by Crippen LogP contribution is 2.32. The number of nitrogens with zero attached hydrogens (tertiary/aromatic N) is 1. The summed E-state index contributed by atoms with van der Waals surface area (Å²) in [6.45, 7) is 4.24. The van der Waals surface area contributed by atoms with Gasteiger partial charge in [0.25, 0.3) is 0 Å². The molecule has 124 valence electrons. The van der Waals surface area contributed by atoms with Crippen LogP contribution < -0.4 is 11.1 Å². The second-order valence-electron chi connectivity index (χ2n) is 5.36. The lowest BCUT2D eigenvalue weighted by Crippen LogP contribution is -2.08. The number of nitrogens with one attached hydrogen (secondary N) is 2. The maximum absolute atomic E-state index is 6.18. The first-order valence-corrected chi connectivity index (χ1v) is 9.20. The molecule has 0 saturated carbocycles. The van der Waals surface area contributed by atoms with E-state index in [1.54, 1.807) is 0 Å². The highest BCUT2D eigenvalue weighted by molar-refractivity contribution is 8.13. The first-order valence-electron chi connectivity index (χ1n) is 7.60. The molecule has 6 heteroatoms. The number of hydrogen-bond acceptors (Lipinski definition) is 3. The normalized spacial score (nSPS) is 12.0. The van der Waals surface area contributed by atoms with Crippen molar-refractivity contribution in [1.29, 1.82) is 0 Å². The molecule has 0 spiro atoms. The summed E-state index contributed by atoms with van der Waals surface area (Å²) in [5.74, 6) is 0. The lowest BCUT2D eigenvalue weighted by atomic mass is 10.1. The number of nitrogens with two attached hydrogens (primary N) is 1. The molecule has 24 heavy (non-hydrogen) atoms. The number of halogens is 1. The zero-order chi connectivity index (χ0) is 17.1. The van der Waals surface area contributed by atoms with Crippen molar-refractivity contribution in [3.63, 3.8) is 0 Å². The number of thioether (sulfide) groups is 1. The smallest absolute Gasteiger partial charge is 0.165 e. The predicted octanol–water partition coefficient (Wildman–Crippen LogP) is 4.75. The Kier molecular flexibility index (Phi) is 5.14. The first kappa shape index (κ1) is 16.9. The number of hydrogen-bond donors (Lipinski definition) is 3. The van der Waals surface area contributed by atoms with Crippen molar-refractivity contribution in [2.24, 2.45) is 10.7 Å². The molecular formula is C18H19ClN4S. The second kappa shape index (κ2) is 7.30. The minimum absolute atomic E-state index is 0.588. The zero-order valence-corrected chi connectivity index (χ0v) is 15.0. The van der Waals surface area contributed by atoms with E-state index in [0.29, 0.717) is 6.54 Å². The van der Waals surface area contributed by atoms with Crippen molar-refractivity contribution in [3.8, 4) is 0 Å². The molecule has 0 aliphatic rings. The topological polar surface area (TPSA) is 66.2 Å². The predicted molar refractivity (Wildman–Crippen MR) is 108 cm³/mol. The van der Waals surface area contributed by atoms with Crippen LogP contribution in [0.5, 0.6) is 0 Å². The van der Waals surface area contributed by atoms with Crippen LogP contribution in [0.1, 0.15) is 5.56 Å². The number of aromatic amines is 1. The van der Waals surface area contributed by atoms with E-state index in [2.05, 4.69) is 34.0 Å². The van der Waals surface area contributed by atoms with Gasteiger partial charge in [-0.15, -0.1) is 0 Å². The molecule has 0 aliphatic carbocycles. The van der Waals surface area contributed by atoms with Crippen LogP contribution in [0.25, 0.3) is 21.8 Å². The van der Waals surface area contributed by atoms with Crippen molar-refractivity contribution >= 4 is 56.0 Å². The number of anilines is 1. The average molecular weight is 359 g/mol. The molecule has 1 aromatic heterocycles. The molecule has 0 aliphatic heterocycles. The molecule has 1 heterocycles. The largest absolute Gasteiger partial charge is 0.354 e. The summed E-state index contributed by atoms with van der Waals surface area (Å²) in [4.78, 5) is 7.72. The zero-order valence-electron chi connectivity index (χ0n) is 13.4. The third-order valence-corrected chi connectivity index (χ3v) is 4.65. The third-order valence-electron chi connectivity index (χ3n) is 3.82. The van der Waals surface area contributed by atoms with Crippen molar-refractivity contribution in [1.82, 2.24) is 4.98 Å². The highest BCUT2D eigenvalue weighted by atomic mass is 35.5. The Morgan fingerprint density at radius 1 is 1.38 bits per heavy atom. The van der Waals surface area contributed by atoms with E-state index in [4.69, 9.17) is 17.3 Å². The van der Waals surface area contributed by atoms with Gasteiger partial charge in [-0.1, -0.05) is 29.9 Å². The Morgan fingerprint density at radius 2 is 2.21 bits per heavy atom. The summed E-state index contributed by atoms with van der Waals surface area (Å²) in [6, 6.07) is 10.1. The van der Waals surface area contributed by atoms with Crippen LogP contribution in [0.15, 0.2) is 48.1 Å².